The van der Waals surface area contributed by atoms with E-state index in [4.69, 9.17) is 13.7 Å². The Morgan fingerprint density at radius 2 is 0.780 bits per heavy atom. The van der Waals surface area contributed by atoms with Gasteiger partial charge in [0, 0.05) is 33.5 Å². The van der Waals surface area contributed by atoms with E-state index in [1.807, 2.05) is 41.3 Å². The third-order valence-electron chi connectivity index (χ3n) is 8.97. The number of aromatic nitrogens is 1. The van der Waals surface area contributed by atoms with Crippen molar-refractivity contribution in [1.82, 2.24) is 4.57 Å². The van der Waals surface area contributed by atoms with Gasteiger partial charge in [-0.25, -0.2) is 0 Å². The predicted octanol–water partition coefficient (Wildman–Crippen LogP) is 13.3. The van der Waals surface area contributed by atoms with Crippen LogP contribution in [0.3, 0.4) is 0 Å². The minimum Gasteiger partial charge on any atom is -0.311 e. The van der Waals surface area contributed by atoms with Crippen LogP contribution in [-0.2, 0) is 0 Å². The normalized spacial score (nSPS) is 14.0. The van der Waals surface area contributed by atoms with Crippen molar-refractivity contribution < 1.29 is 13.7 Å². The maximum Gasteiger partial charge on any atom is 0.0629 e. The molecule has 0 spiro atoms. The van der Waals surface area contributed by atoms with E-state index in [-0.39, 0.29) is 35.3 Å². The zero-order valence-corrected chi connectivity index (χ0v) is 26.8. The van der Waals surface area contributed by atoms with Crippen molar-refractivity contribution in [2.45, 2.75) is 0 Å². The molecule has 0 N–H and O–H groups in total. The minimum atomic E-state index is -0.453. The number of benzene rings is 8. The zero-order valence-electron chi connectivity index (χ0n) is 36.8. The first kappa shape index (κ1) is 20.7. The number of anilines is 3. The zero-order chi connectivity index (χ0) is 42.0. The predicted molar refractivity (Wildman–Crippen MR) is 212 cm³/mol. The fourth-order valence-electron chi connectivity index (χ4n) is 6.62. The lowest BCUT2D eigenvalue weighted by Crippen LogP contribution is -2.09. The highest BCUT2D eigenvalue weighted by atomic mass is 15.1. The van der Waals surface area contributed by atoms with Gasteiger partial charge < -0.3 is 9.47 Å². The summed E-state index contributed by atoms with van der Waals surface area (Å²) < 4.78 is 85.1. The van der Waals surface area contributed by atoms with E-state index in [9.17, 15) is 0 Å². The molecule has 0 radical (unpaired) electrons. The molecule has 0 aliphatic rings. The van der Waals surface area contributed by atoms with E-state index in [1.54, 1.807) is 24.3 Å². The Kier molecular flexibility index (Phi) is 5.27. The van der Waals surface area contributed by atoms with Gasteiger partial charge in [0.05, 0.1) is 24.7 Å². The van der Waals surface area contributed by atoms with Gasteiger partial charge in [-0.05, 0) is 94.0 Å². The Labute approximate surface area is 306 Å². The Morgan fingerprint density at radius 3 is 1.24 bits per heavy atom. The summed E-state index contributed by atoms with van der Waals surface area (Å²) in [6.07, 6.45) is 0. The first-order valence-electron chi connectivity index (χ1n) is 21.3. The third kappa shape index (κ3) is 5.43. The molecule has 0 amide bonds. The number of hydrogen-bond acceptors (Lipinski definition) is 1. The molecule has 0 saturated heterocycles. The quantitative estimate of drug-likeness (QED) is 0.167. The molecule has 1 aromatic heterocycles. The fraction of sp³-hybridized carbons (Fsp3) is 0. The van der Waals surface area contributed by atoms with Crippen molar-refractivity contribution in [2.24, 2.45) is 0 Å². The summed E-state index contributed by atoms with van der Waals surface area (Å²) in [5.74, 6) is 0. The van der Waals surface area contributed by atoms with Crippen molar-refractivity contribution in [1.29, 1.82) is 0 Å². The molecule has 0 atom stereocenters. The van der Waals surface area contributed by atoms with E-state index in [2.05, 4.69) is 89.5 Å². The number of fused-ring (bicyclic) bond motifs is 3. The van der Waals surface area contributed by atoms with Crippen molar-refractivity contribution >= 4 is 38.9 Å². The molecule has 236 valence electrons. The van der Waals surface area contributed by atoms with E-state index >= 15 is 0 Å². The van der Waals surface area contributed by atoms with Gasteiger partial charge in [0.25, 0.3) is 0 Å². The van der Waals surface area contributed by atoms with Crippen molar-refractivity contribution in [3.05, 3.63) is 206 Å². The summed E-state index contributed by atoms with van der Waals surface area (Å²) in [6, 6.07) is 43.9. The van der Waals surface area contributed by atoms with E-state index in [0.717, 1.165) is 33.5 Å². The highest BCUT2D eigenvalue weighted by molar-refractivity contribution is 6.09. The smallest absolute Gasteiger partial charge is 0.0629 e. The second-order valence-corrected chi connectivity index (χ2v) is 11.9. The fourth-order valence-corrected chi connectivity index (χ4v) is 6.62. The molecule has 0 fully saturated rings. The molecule has 0 saturated carbocycles. The maximum atomic E-state index is 8.51. The van der Waals surface area contributed by atoms with Crippen LogP contribution in [0.5, 0.6) is 0 Å². The minimum absolute atomic E-state index is 0.106. The number of hydrogen-bond donors (Lipinski definition) is 0. The van der Waals surface area contributed by atoms with E-state index < -0.39 is 36.3 Å². The second kappa shape index (κ2) is 12.8. The average molecular weight is 649 g/mol. The van der Waals surface area contributed by atoms with Gasteiger partial charge in [0.1, 0.15) is 0 Å². The lowest BCUT2D eigenvalue weighted by atomic mass is 10.0. The van der Waals surface area contributed by atoms with Crippen LogP contribution >= 0.6 is 0 Å². The van der Waals surface area contributed by atoms with Crippen LogP contribution in [0.2, 0.25) is 0 Å². The highest BCUT2D eigenvalue weighted by Gasteiger charge is 2.15. The topological polar surface area (TPSA) is 8.17 Å². The summed E-state index contributed by atoms with van der Waals surface area (Å²) in [5.41, 5.74) is 8.66. The van der Waals surface area contributed by atoms with Crippen molar-refractivity contribution in [2.75, 3.05) is 4.90 Å². The number of nitrogens with zero attached hydrogens (tertiary/aromatic N) is 2. The summed E-state index contributed by atoms with van der Waals surface area (Å²) in [5, 5.41) is 2.37. The summed E-state index contributed by atoms with van der Waals surface area (Å²) >= 11 is 0. The Hall–Kier alpha value is -6.64. The molecule has 0 bridgehead atoms. The Balaban J connectivity index is 1.12. The maximum absolute atomic E-state index is 8.51. The highest BCUT2D eigenvalue weighted by Crippen LogP contribution is 2.38. The van der Waals surface area contributed by atoms with Crippen LogP contribution in [0.4, 0.5) is 17.1 Å². The molecule has 2 heteroatoms. The van der Waals surface area contributed by atoms with Crippen LogP contribution < -0.4 is 4.90 Å². The Morgan fingerprint density at radius 1 is 0.360 bits per heavy atom. The van der Waals surface area contributed by atoms with Gasteiger partial charge in [-0.15, -0.1) is 0 Å². The van der Waals surface area contributed by atoms with Crippen LogP contribution in [0, 0.1) is 0 Å². The van der Waals surface area contributed by atoms with Crippen molar-refractivity contribution in [3.63, 3.8) is 0 Å². The molecular formula is C48H34N2. The average Bonchev–Trinajstić information content (AvgIpc) is 3.62. The molecule has 1 heterocycles. The van der Waals surface area contributed by atoms with Crippen LogP contribution in [0.1, 0.15) is 13.7 Å². The van der Waals surface area contributed by atoms with Gasteiger partial charge in [-0.2, -0.15) is 0 Å². The molecule has 8 aromatic carbocycles. The van der Waals surface area contributed by atoms with E-state index in [1.165, 1.54) is 10.8 Å². The van der Waals surface area contributed by atoms with Gasteiger partial charge in [-0.3, -0.25) is 0 Å². The molecule has 9 rings (SSSR count). The molecule has 50 heavy (non-hydrogen) atoms. The Bertz CT molecular complexity index is 2920. The molecule has 0 aliphatic heterocycles. The molecular weight excluding hydrogens is 605 g/mol. The van der Waals surface area contributed by atoms with Crippen LogP contribution in [0.25, 0.3) is 60.9 Å². The van der Waals surface area contributed by atoms with Crippen LogP contribution in [0.15, 0.2) is 206 Å². The van der Waals surface area contributed by atoms with Gasteiger partial charge in [0.15, 0.2) is 0 Å². The van der Waals surface area contributed by atoms with Crippen LogP contribution in [-0.4, -0.2) is 4.57 Å². The second-order valence-electron chi connectivity index (χ2n) is 11.9. The molecule has 0 aliphatic carbocycles. The monoisotopic (exact) mass is 648 g/mol. The largest absolute Gasteiger partial charge is 0.311 e. The summed E-state index contributed by atoms with van der Waals surface area (Å²) in [6.45, 7) is 0. The van der Waals surface area contributed by atoms with Gasteiger partial charge >= 0.3 is 0 Å². The molecule has 2 nitrogen and oxygen atoms in total. The lowest BCUT2D eigenvalue weighted by molar-refractivity contribution is 1.18. The molecule has 0 unspecified atom stereocenters. The number of para-hydroxylation sites is 2. The molecule has 9 aromatic rings. The number of rotatable bonds is 7. The van der Waals surface area contributed by atoms with Crippen molar-refractivity contribution in [3.8, 4) is 39.1 Å². The SMILES string of the molecule is [2H]c1c([2H])c([2H])c(-c2ccc(N(c3ccc(-c4cccc(-n5c6ccccc6c6ccccc65)c4)cc3)c3ccc(-c4c([2H])c([2H])c([2H])c([2H])c4[2H])cc3)cc2)c([2H])c1[2H]. The van der Waals surface area contributed by atoms with Gasteiger partial charge in [-0.1, -0.05) is 145 Å². The van der Waals surface area contributed by atoms with E-state index in [0.29, 0.717) is 22.5 Å². The summed E-state index contributed by atoms with van der Waals surface area (Å²) in [7, 11) is 0. The lowest BCUT2D eigenvalue weighted by Gasteiger charge is -2.26. The standard InChI is InChI=1S/C48H34N2/c1-3-12-35(13-4-1)37-22-28-41(29-23-37)49(42-30-24-38(25-31-42)36-14-5-2-6-15-36)43-32-26-39(27-33-43)40-16-11-17-44(34-40)50-47-20-9-7-18-45(47)46-19-8-10-21-48(46)50/h1-34H/i1D,2D,3D,4D,5D,6D,12D,13D,14D,15D. The first-order chi connectivity index (χ1) is 28.9. The third-order valence-corrected chi connectivity index (χ3v) is 8.97. The first-order valence-corrected chi connectivity index (χ1v) is 16.3. The summed E-state index contributed by atoms with van der Waals surface area (Å²) in [4.78, 5) is 2.00. The van der Waals surface area contributed by atoms with Gasteiger partial charge in [0.2, 0.25) is 0 Å².